The highest BCUT2D eigenvalue weighted by molar-refractivity contribution is 9.10. The Bertz CT molecular complexity index is 471. The lowest BCUT2D eigenvalue weighted by Crippen LogP contribution is -2.42. The Morgan fingerprint density at radius 1 is 1.44 bits per heavy atom. The molecule has 1 saturated heterocycles. The van der Waals surface area contributed by atoms with Gasteiger partial charge in [0.05, 0.1) is 12.7 Å². The quantitative estimate of drug-likeness (QED) is 0.837. The van der Waals surface area contributed by atoms with Crippen molar-refractivity contribution in [3.05, 3.63) is 28.2 Å². The number of rotatable bonds is 2. The largest absolute Gasteiger partial charge is 0.496 e. The third-order valence-electron chi connectivity index (χ3n) is 3.54. The SMILES string of the molecule is COc1cc(Br)ccc1C(=O)N1CCCC1(C)C. The maximum absolute atomic E-state index is 12.6. The number of methoxy groups -OCH3 is 1. The van der Waals surface area contributed by atoms with Crippen LogP contribution in [-0.2, 0) is 0 Å². The van der Waals surface area contributed by atoms with E-state index < -0.39 is 0 Å². The van der Waals surface area contributed by atoms with E-state index >= 15 is 0 Å². The van der Waals surface area contributed by atoms with Crippen LogP contribution in [0.2, 0.25) is 0 Å². The molecule has 98 valence electrons. The molecule has 0 unspecified atom stereocenters. The Morgan fingerprint density at radius 2 is 2.17 bits per heavy atom. The first kappa shape index (κ1) is 13.4. The van der Waals surface area contributed by atoms with E-state index in [1.54, 1.807) is 7.11 Å². The number of ether oxygens (including phenoxy) is 1. The normalized spacial score (nSPS) is 17.9. The van der Waals surface area contributed by atoms with Crippen LogP contribution in [0.4, 0.5) is 0 Å². The van der Waals surface area contributed by atoms with Crippen molar-refractivity contribution in [1.29, 1.82) is 0 Å². The number of benzene rings is 1. The minimum atomic E-state index is -0.0603. The standard InChI is InChI=1S/C14H18BrNO2/c1-14(2)7-4-8-16(14)13(17)11-6-5-10(15)9-12(11)18-3/h5-6,9H,4,7-8H2,1-3H3. The number of hydrogen-bond acceptors (Lipinski definition) is 2. The summed E-state index contributed by atoms with van der Waals surface area (Å²) in [6.07, 6.45) is 2.12. The predicted octanol–water partition coefficient (Wildman–Crippen LogP) is 3.47. The fourth-order valence-electron chi connectivity index (χ4n) is 2.47. The van der Waals surface area contributed by atoms with Crippen molar-refractivity contribution in [3.63, 3.8) is 0 Å². The maximum Gasteiger partial charge on any atom is 0.258 e. The van der Waals surface area contributed by atoms with Gasteiger partial charge in [-0.15, -0.1) is 0 Å². The van der Waals surface area contributed by atoms with Gasteiger partial charge in [-0.1, -0.05) is 15.9 Å². The van der Waals surface area contributed by atoms with Gasteiger partial charge in [-0.2, -0.15) is 0 Å². The van der Waals surface area contributed by atoms with Crippen LogP contribution in [-0.4, -0.2) is 30.0 Å². The number of hydrogen-bond donors (Lipinski definition) is 0. The second-order valence-corrected chi connectivity index (χ2v) is 6.13. The number of amides is 1. The first-order valence-corrected chi connectivity index (χ1v) is 6.90. The summed E-state index contributed by atoms with van der Waals surface area (Å²) in [6.45, 7) is 5.05. The zero-order chi connectivity index (χ0) is 13.3. The molecule has 0 bridgehead atoms. The highest BCUT2D eigenvalue weighted by Gasteiger charge is 2.36. The maximum atomic E-state index is 12.6. The Hall–Kier alpha value is -1.03. The molecule has 4 heteroatoms. The number of nitrogens with zero attached hydrogens (tertiary/aromatic N) is 1. The smallest absolute Gasteiger partial charge is 0.258 e. The van der Waals surface area contributed by atoms with E-state index in [1.165, 1.54) is 0 Å². The molecule has 0 saturated carbocycles. The minimum absolute atomic E-state index is 0.0573. The molecule has 1 aromatic carbocycles. The van der Waals surface area contributed by atoms with Crippen LogP contribution in [0.15, 0.2) is 22.7 Å². The molecule has 1 amide bonds. The first-order valence-electron chi connectivity index (χ1n) is 6.11. The lowest BCUT2D eigenvalue weighted by Gasteiger charge is -2.32. The molecule has 18 heavy (non-hydrogen) atoms. The van der Waals surface area contributed by atoms with Crippen LogP contribution < -0.4 is 4.74 Å². The van der Waals surface area contributed by atoms with E-state index in [2.05, 4.69) is 29.8 Å². The van der Waals surface area contributed by atoms with Gasteiger partial charge >= 0.3 is 0 Å². The van der Waals surface area contributed by atoms with Crippen LogP contribution in [0.3, 0.4) is 0 Å². The number of halogens is 1. The van der Waals surface area contributed by atoms with E-state index in [0.29, 0.717) is 11.3 Å². The van der Waals surface area contributed by atoms with E-state index in [0.717, 1.165) is 23.9 Å². The predicted molar refractivity (Wildman–Crippen MR) is 75.0 cm³/mol. The van der Waals surface area contributed by atoms with Gasteiger partial charge in [-0.25, -0.2) is 0 Å². The van der Waals surface area contributed by atoms with Gasteiger partial charge in [0.25, 0.3) is 5.91 Å². The number of carbonyl (C=O) groups excluding carboxylic acids is 1. The van der Waals surface area contributed by atoms with Gasteiger partial charge in [0.2, 0.25) is 0 Å². The van der Waals surface area contributed by atoms with Gasteiger partial charge in [0.1, 0.15) is 5.75 Å². The van der Waals surface area contributed by atoms with Crippen LogP contribution in [0.1, 0.15) is 37.0 Å². The monoisotopic (exact) mass is 311 g/mol. The fraction of sp³-hybridized carbons (Fsp3) is 0.500. The van der Waals surface area contributed by atoms with E-state index in [-0.39, 0.29) is 11.4 Å². The van der Waals surface area contributed by atoms with E-state index in [9.17, 15) is 4.79 Å². The molecule has 1 aromatic rings. The van der Waals surface area contributed by atoms with Crippen LogP contribution in [0.5, 0.6) is 5.75 Å². The second-order valence-electron chi connectivity index (χ2n) is 5.22. The van der Waals surface area contributed by atoms with Gasteiger partial charge < -0.3 is 9.64 Å². The summed E-state index contributed by atoms with van der Waals surface area (Å²) in [5.41, 5.74) is 0.575. The lowest BCUT2D eigenvalue weighted by atomic mass is 10.0. The molecule has 0 aromatic heterocycles. The summed E-state index contributed by atoms with van der Waals surface area (Å²) in [6, 6.07) is 5.52. The van der Waals surface area contributed by atoms with Gasteiger partial charge in [-0.05, 0) is 44.9 Å². The Labute approximate surface area is 116 Å². The van der Waals surface area contributed by atoms with Crippen molar-refractivity contribution in [2.75, 3.05) is 13.7 Å². The van der Waals surface area contributed by atoms with Crippen LogP contribution in [0, 0.1) is 0 Å². The summed E-state index contributed by atoms with van der Waals surface area (Å²) in [5.74, 6) is 0.680. The molecule has 1 aliphatic rings. The van der Waals surface area contributed by atoms with Crippen molar-refractivity contribution in [1.82, 2.24) is 4.90 Å². The topological polar surface area (TPSA) is 29.5 Å². The zero-order valence-corrected chi connectivity index (χ0v) is 12.6. The summed E-state index contributed by atoms with van der Waals surface area (Å²) in [7, 11) is 1.59. The lowest BCUT2D eigenvalue weighted by molar-refractivity contribution is 0.0648. The van der Waals surface area contributed by atoms with Crippen molar-refractivity contribution in [3.8, 4) is 5.75 Å². The molecule has 0 spiro atoms. The molecule has 0 radical (unpaired) electrons. The van der Waals surface area contributed by atoms with Gasteiger partial charge in [-0.3, -0.25) is 4.79 Å². The Balaban J connectivity index is 2.34. The van der Waals surface area contributed by atoms with Crippen molar-refractivity contribution < 1.29 is 9.53 Å². The molecule has 0 atom stereocenters. The summed E-state index contributed by atoms with van der Waals surface area (Å²) in [5, 5.41) is 0. The van der Waals surface area contributed by atoms with Gasteiger partial charge in [0, 0.05) is 16.6 Å². The molecular weight excluding hydrogens is 294 g/mol. The van der Waals surface area contributed by atoms with Crippen molar-refractivity contribution >= 4 is 21.8 Å². The third kappa shape index (κ3) is 2.39. The van der Waals surface area contributed by atoms with Crippen LogP contribution in [0.25, 0.3) is 0 Å². The highest BCUT2D eigenvalue weighted by Crippen LogP contribution is 2.32. The molecule has 1 heterocycles. The Morgan fingerprint density at radius 3 is 2.72 bits per heavy atom. The van der Waals surface area contributed by atoms with E-state index in [4.69, 9.17) is 4.74 Å². The second kappa shape index (κ2) is 4.92. The molecule has 1 aliphatic heterocycles. The minimum Gasteiger partial charge on any atom is -0.496 e. The molecule has 1 fully saturated rings. The molecule has 3 nitrogen and oxygen atoms in total. The summed E-state index contributed by atoms with van der Waals surface area (Å²) >= 11 is 3.39. The van der Waals surface area contributed by atoms with Gasteiger partial charge in [0.15, 0.2) is 0 Å². The average molecular weight is 312 g/mol. The fourth-order valence-corrected chi connectivity index (χ4v) is 2.81. The third-order valence-corrected chi connectivity index (χ3v) is 4.03. The van der Waals surface area contributed by atoms with E-state index in [1.807, 2.05) is 23.1 Å². The molecular formula is C14H18BrNO2. The highest BCUT2D eigenvalue weighted by atomic mass is 79.9. The summed E-state index contributed by atoms with van der Waals surface area (Å²) < 4.78 is 6.21. The number of carbonyl (C=O) groups is 1. The van der Waals surface area contributed by atoms with Crippen molar-refractivity contribution in [2.45, 2.75) is 32.2 Å². The zero-order valence-electron chi connectivity index (χ0n) is 11.0. The van der Waals surface area contributed by atoms with Crippen LogP contribution >= 0.6 is 15.9 Å². The average Bonchev–Trinajstić information content (AvgIpc) is 2.68. The first-order chi connectivity index (χ1) is 8.45. The number of likely N-dealkylation sites (tertiary alicyclic amines) is 1. The Kier molecular flexibility index (Phi) is 3.66. The summed E-state index contributed by atoms with van der Waals surface area (Å²) in [4.78, 5) is 14.5. The van der Waals surface area contributed by atoms with Crippen molar-refractivity contribution in [2.24, 2.45) is 0 Å². The molecule has 0 aliphatic carbocycles. The molecule has 0 N–H and O–H groups in total. The molecule has 2 rings (SSSR count).